The van der Waals surface area contributed by atoms with Gasteiger partial charge in [0.15, 0.2) is 0 Å². The molecule has 3 nitrogen and oxygen atoms in total. The second-order valence-electron chi connectivity index (χ2n) is 3.82. The third kappa shape index (κ3) is 1.79. The van der Waals surface area contributed by atoms with Crippen LogP contribution in [0.5, 0.6) is 0 Å². The first-order valence-corrected chi connectivity index (χ1v) is 5.65. The molecule has 0 saturated carbocycles. The topological polar surface area (TPSA) is 49.3 Å². The van der Waals surface area contributed by atoms with E-state index in [1.54, 1.807) is 0 Å². The van der Waals surface area contributed by atoms with Crippen LogP contribution in [0.3, 0.4) is 0 Å². The monoisotopic (exact) mass is 269 g/mol. The van der Waals surface area contributed by atoms with Crippen LogP contribution < -0.4 is 5.32 Å². The molecule has 4 heteroatoms. The van der Waals surface area contributed by atoms with Gasteiger partial charge in [-0.15, -0.1) is 0 Å². The second kappa shape index (κ2) is 3.94. The molecule has 15 heavy (non-hydrogen) atoms. The van der Waals surface area contributed by atoms with Crippen molar-refractivity contribution in [1.29, 1.82) is 0 Å². The van der Waals surface area contributed by atoms with E-state index in [1.807, 2.05) is 18.2 Å². The van der Waals surface area contributed by atoms with Crippen LogP contribution in [0.15, 0.2) is 22.7 Å². The standard InChI is InChI=1S/C11H12BrNO2/c1-6-5-13-10(11(14)15)7-3-2-4-8(12)9(6)7/h2-4,6,10,13H,5H2,1H3,(H,14,15). The zero-order chi connectivity index (χ0) is 11.0. The Morgan fingerprint density at radius 2 is 2.33 bits per heavy atom. The van der Waals surface area contributed by atoms with Gasteiger partial charge in [0.2, 0.25) is 0 Å². The fraction of sp³-hybridized carbons (Fsp3) is 0.364. The summed E-state index contributed by atoms with van der Waals surface area (Å²) in [6, 6.07) is 5.13. The highest BCUT2D eigenvalue weighted by Gasteiger charge is 2.30. The minimum Gasteiger partial charge on any atom is -0.480 e. The average molecular weight is 270 g/mol. The van der Waals surface area contributed by atoms with E-state index in [1.165, 1.54) is 0 Å². The lowest BCUT2D eigenvalue weighted by Crippen LogP contribution is -2.36. The molecule has 0 bridgehead atoms. The predicted octanol–water partition coefficient (Wildman–Crippen LogP) is 2.28. The smallest absolute Gasteiger partial charge is 0.325 e. The lowest BCUT2D eigenvalue weighted by Gasteiger charge is -2.29. The molecule has 1 heterocycles. The maximum atomic E-state index is 11.1. The fourth-order valence-corrected chi connectivity index (χ4v) is 2.82. The molecule has 0 fully saturated rings. The van der Waals surface area contributed by atoms with Crippen molar-refractivity contribution in [2.24, 2.45) is 0 Å². The first-order valence-electron chi connectivity index (χ1n) is 4.85. The van der Waals surface area contributed by atoms with Crippen LogP contribution in [-0.4, -0.2) is 17.6 Å². The number of rotatable bonds is 1. The molecular formula is C11H12BrNO2. The van der Waals surface area contributed by atoms with Crippen molar-refractivity contribution in [3.05, 3.63) is 33.8 Å². The number of benzene rings is 1. The number of carbonyl (C=O) groups is 1. The quantitative estimate of drug-likeness (QED) is 0.823. The number of hydrogen-bond donors (Lipinski definition) is 2. The van der Waals surface area contributed by atoms with Gasteiger partial charge in [0.05, 0.1) is 0 Å². The summed E-state index contributed by atoms with van der Waals surface area (Å²) in [5, 5.41) is 12.1. The number of halogens is 1. The summed E-state index contributed by atoms with van der Waals surface area (Å²) < 4.78 is 1.00. The summed E-state index contributed by atoms with van der Waals surface area (Å²) in [5.41, 5.74) is 1.99. The van der Waals surface area contributed by atoms with E-state index in [0.717, 1.165) is 15.6 Å². The zero-order valence-corrected chi connectivity index (χ0v) is 9.91. The van der Waals surface area contributed by atoms with Gasteiger partial charge in [0.25, 0.3) is 0 Å². The van der Waals surface area contributed by atoms with E-state index in [-0.39, 0.29) is 0 Å². The van der Waals surface area contributed by atoms with Crippen LogP contribution in [0, 0.1) is 0 Å². The highest BCUT2D eigenvalue weighted by atomic mass is 79.9. The molecule has 1 aliphatic heterocycles. The van der Waals surface area contributed by atoms with Gasteiger partial charge in [-0.2, -0.15) is 0 Å². The molecule has 0 aromatic heterocycles. The zero-order valence-electron chi connectivity index (χ0n) is 8.33. The fourth-order valence-electron chi connectivity index (χ4n) is 2.05. The van der Waals surface area contributed by atoms with Gasteiger partial charge < -0.3 is 10.4 Å². The predicted molar refractivity (Wildman–Crippen MR) is 60.9 cm³/mol. The maximum absolute atomic E-state index is 11.1. The Labute approximate surface area is 96.6 Å². The van der Waals surface area contributed by atoms with Crippen LogP contribution in [0.4, 0.5) is 0 Å². The van der Waals surface area contributed by atoms with Gasteiger partial charge in [-0.25, -0.2) is 0 Å². The number of carboxylic acid groups (broad SMARTS) is 1. The summed E-state index contributed by atoms with van der Waals surface area (Å²) in [6.07, 6.45) is 0. The Kier molecular flexibility index (Phi) is 2.80. The summed E-state index contributed by atoms with van der Waals surface area (Å²) in [5.74, 6) is -0.479. The molecule has 1 aromatic carbocycles. The molecule has 0 amide bonds. The van der Waals surface area contributed by atoms with Crippen LogP contribution >= 0.6 is 15.9 Å². The number of hydrogen-bond acceptors (Lipinski definition) is 2. The molecule has 2 rings (SSSR count). The largest absolute Gasteiger partial charge is 0.480 e. The summed E-state index contributed by atoms with van der Waals surface area (Å²) in [4.78, 5) is 11.1. The van der Waals surface area contributed by atoms with Crippen molar-refractivity contribution < 1.29 is 9.90 Å². The van der Waals surface area contributed by atoms with Gasteiger partial charge in [-0.3, -0.25) is 4.79 Å². The highest BCUT2D eigenvalue weighted by molar-refractivity contribution is 9.10. The molecule has 0 radical (unpaired) electrons. The van der Waals surface area contributed by atoms with Crippen molar-refractivity contribution in [1.82, 2.24) is 5.32 Å². The Bertz CT molecular complexity index is 406. The average Bonchev–Trinajstić information content (AvgIpc) is 2.17. The molecular weight excluding hydrogens is 258 g/mol. The van der Waals surface area contributed by atoms with Crippen LogP contribution in [0.1, 0.15) is 30.0 Å². The van der Waals surface area contributed by atoms with Gasteiger partial charge in [0.1, 0.15) is 6.04 Å². The molecule has 0 aliphatic carbocycles. The van der Waals surface area contributed by atoms with Gasteiger partial charge in [0, 0.05) is 11.0 Å². The Morgan fingerprint density at radius 1 is 1.60 bits per heavy atom. The van der Waals surface area contributed by atoms with E-state index in [4.69, 9.17) is 5.11 Å². The van der Waals surface area contributed by atoms with E-state index in [0.29, 0.717) is 12.5 Å². The molecule has 1 aromatic rings. The Hall–Kier alpha value is -0.870. The summed E-state index contributed by atoms with van der Waals surface area (Å²) in [7, 11) is 0. The lowest BCUT2D eigenvalue weighted by molar-refractivity contribution is -0.139. The third-order valence-electron chi connectivity index (χ3n) is 2.77. The van der Waals surface area contributed by atoms with Crippen molar-refractivity contribution >= 4 is 21.9 Å². The Balaban J connectivity index is 2.55. The minimum atomic E-state index is -0.818. The Morgan fingerprint density at radius 3 is 3.00 bits per heavy atom. The van der Waals surface area contributed by atoms with Crippen LogP contribution in [0.25, 0.3) is 0 Å². The number of fused-ring (bicyclic) bond motifs is 1. The van der Waals surface area contributed by atoms with Crippen molar-refractivity contribution in [2.75, 3.05) is 6.54 Å². The lowest BCUT2D eigenvalue weighted by atomic mass is 9.88. The molecule has 2 unspecified atom stereocenters. The molecule has 2 atom stereocenters. The summed E-state index contributed by atoms with van der Waals surface area (Å²) >= 11 is 3.48. The van der Waals surface area contributed by atoms with Crippen molar-refractivity contribution in [2.45, 2.75) is 18.9 Å². The van der Waals surface area contributed by atoms with E-state index >= 15 is 0 Å². The number of nitrogens with one attached hydrogen (secondary N) is 1. The van der Waals surface area contributed by atoms with E-state index < -0.39 is 12.0 Å². The summed E-state index contributed by atoms with van der Waals surface area (Å²) in [6.45, 7) is 2.79. The second-order valence-corrected chi connectivity index (χ2v) is 4.68. The first-order chi connectivity index (χ1) is 7.11. The molecule has 80 valence electrons. The van der Waals surface area contributed by atoms with Gasteiger partial charge >= 0.3 is 5.97 Å². The molecule has 0 spiro atoms. The highest BCUT2D eigenvalue weighted by Crippen LogP contribution is 2.35. The molecule has 1 aliphatic rings. The SMILES string of the molecule is CC1CNC(C(=O)O)c2cccc(Br)c21. The van der Waals surface area contributed by atoms with Crippen LogP contribution in [0.2, 0.25) is 0 Å². The molecule has 2 N–H and O–H groups in total. The van der Waals surface area contributed by atoms with Crippen molar-refractivity contribution in [3.63, 3.8) is 0 Å². The van der Waals surface area contributed by atoms with Crippen molar-refractivity contribution in [3.8, 4) is 0 Å². The number of aliphatic carboxylic acids is 1. The van der Waals surface area contributed by atoms with E-state index in [9.17, 15) is 4.79 Å². The third-order valence-corrected chi connectivity index (χ3v) is 3.46. The van der Waals surface area contributed by atoms with Crippen LogP contribution in [-0.2, 0) is 4.79 Å². The maximum Gasteiger partial charge on any atom is 0.325 e. The first kappa shape index (κ1) is 10.6. The minimum absolute atomic E-state index is 0.339. The van der Waals surface area contributed by atoms with Gasteiger partial charge in [-0.05, 0) is 23.1 Å². The normalized spacial score (nSPS) is 24.7. The van der Waals surface area contributed by atoms with E-state index in [2.05, 4.69) is 28.2 Å². The number of carboxylic acids is 1. The molecule has 0 saturated heterocycles. The van der Waals surface area contributed by atoms with Gasteiger partial charge in [-0.1, -0.05) is 35.0 Å².